The number of fused-ring (bicyclic) bond motifs is 1. The van der Waals surface area contributed by atoms with E-state index < -0.39 is 5.60 Å². The molecule has 0 radical (unpaired) electrons. The zero-order chi connectivity index (χ0) is 18.0. The molecular formula is C18H25N5O2. The van der Waals surface area contributed by atoms with Crippen LogP contribution in [0.2, 0.25) is 0 Å². The molecule has 1 saturated heterocycles. The minimum Gasteiger partial charge on any atom is -0.382 e. The number of hydrogen-bond acceptors (Lipinski definition) is 6. The van der Waals surface area contributed by atoms with Gasteiger partial charge in [-0.2, -0.15) is 10.4 Å². The molecule has 4 atom stereocenters. The lowest BCUT2D eigenvalue weighted by Crippen LogP contribution is -2.32. The third kappa shape index (κ3) is 2.86. The van der Waals surface area contributed by atoms with Gasteiger partial charge in [0.2, 0.25) is 0 Å². The topological polar surface area (TPSA) is 98.5 Å². The Kier molecular flexibility index (Phi) is 4.93. The molecule has 1 aliphatic rings. The molecule has 2 aromatic heterocycles. The highest BCUT2D eigenvalue weighted by molar-refractivity contribution is 5.66. The normalized spacial score (nSPS) is 29.1. The van der Waals surface area contributed by atoms with Crippen molar-refractivity contribution in [2.24, 2.45) is 11.8 Å². The summed E-state index contributed by atoms with van der Waals surface area (Å²) >= 11 is 0. The SMILES string of the molecule is CCCCOC[C@H]1OC(C#N)(c2ccc3c(N)ncnn23)[C@H](C)[C@@H]1C. The molecule has 7 nitrogen and oxygen atoms in total. The average Bonchev–Trinajstić information content (AvgIpc) is 3.15. The Labute approximate surface area is 147 Å². The first-order valence-corrected chi connectivity index (χ1v) is 8.80. The summed E-state index contributed by atoms with van der Waals surface area (Å²) in [7, 11) is 0. The van der Waals surface area contributed by atoms with Gasteiger partial charge in [-0.15, -0.1) is 0 Å². The van der Waals surface area contributed by atoms with Crippen LogP contribution in [0.3, 0.4) is 0 Å². The summed E-state index contributed by atoms with van der Waals surface area (Å²) in [5, 5.41) is 14.3. The smallest absolute Gasteiger partial charge is 0.199 e. The van der Waals surface area contributed by atoms with Crippen LogP contribution in [0, 0.1) is 23.2 Å². The van der Waals surface area contributed by atoms with E-state index in [4.69, 9.17) is 15.2 Å². The molecule has 134 valence electrons. The van der Waals surface area contributed by atoms with Crippen molar-refractivity contribution in [2.45, 2.75) is 45.3 Å². The molecule has 3 rings (SSSR count). The zero-order valence-electron chi connectivity index (χ0n) is 15.0. The van der Waals surface area contributed by atoms with E-state index in [2.05, 4.69) is 30.0 Å². The maximum Gasteiger partial charge on any atom is 0.199 e. The van der Waals surface area contributed by atoms with Gasteiger partial charge in [-0.25, -0.2) is 9.50 Å². The van der Waals surface area contributed by atoms with Crippen molar-refractivity contribution in [3.05, 3.63) is 24.2 Å². The van der Waals surface area contributed by atoms with E-state index >= 15 is 0 Å². The molecule has 1 aliphatic heterocycles. The zero-order valence-corrected chi connectivity index (χ0v) is 15.0. The van der Waals surface area contributed by atoms with Gasteiger partial charge in [0.1, 0.15) is 17.9 Å². The Hall–Kier alpha value is -2.17. The van der Waals surface area contributed by atoms with Gasteiger partial charge in [0.25, 0.3) is 0 Å². The maximum atomic E-state index is 10.0. The van der Waals surface area contributed by atoms with E-state index in [-0.39, 0.29) is 17.9 Å². The summed E-state index contributed by atoms with van der Waals surface area (Å²) in [5.74, 6) is 0.560. The fourth-order valence-corrected chi connectivity index (χ4v) is 3.49. The van der Waals surface area contributed by atoms with Crippen LogP contribution in [-0.2, 0) is 15.1 Å². The van der Waals surface area contributed by atoms with E-state index in [1.54, 1.807) is 4.52 Å². The van der Waals surface area contributed by atoms with Crippen LogP contribution in [0.15, 0.2) is 18.5 Å². The van der Waals surface area contributed by atoms with Gasteiger partial charge in [0.05, 0.1) is 18.4 Å². The number of anilines is 1. The lowest BCUT2D eigenvalue weighted by Gasteiger charge is -2.25. The Morgan fingerprint density at radius 2 is 2.24 bits per heavy atom. The summed E-state index contributed by atoms with van der Waals surface area (Å²) in [6, 6.07) is 6.09. The second kappa shape index (κ2) is 6.98. The van der Waals surface area contributed by atoms with Gasteiger partial charge in [-0.05, 0) is 24.5 Å². The monoisotopic (exact) mass is 343 g/mol. The fraction of sp³-hybridized carbons (Fsp3) is 0.611. The Bertz CT molecular complexity index is 783. The number of ether oxygens (including phenoxy) is 2. The molecular weight excluding hydrogens is 318 g/mol. The molecule has 1 unspecified atom stereocenters. The molecule has 1 fully saturated rings. The number of hydrogen-bond donors (Lipinski definition) is 1. The minimum absolute atomic E-state index is 0.00781. The number of nitrogens with two attached hydrogens (primary N) is 1. The number of nitriles is 1. The van der Waals surface area contributed by atoms with Crippen LogP contribution in [-0.4, -0.2) is 33.9 Å². The fourth-order valence-electron chi connectivity index (χ4n) is 3.49. The highest BCUT2D eigenvalue weighted by Crippen LogP contribution is 2.47. The maximum absolute atomic E-state index is 10.0. The quantitative estimate of drug-likeness (QED) is 0.809. The van der Waals surface area contributed by atoms with Crippen molar-refractivity contribution in [3.63, 3.8) is 0 Å². The average molecular weight is 343 g/mol. The molecule has 0 aliphatic carbocycles. The van der Waals surface area contributed by atoms with Crippen LogP contribution < -0.4 is 5.73 Å². The van der Waals surface area contributed by atoms with E-state index in [9.17, 15) is 5.26 Å². The van der Waals surface area contributed by atoms with Crippen molar-refractivity contribution in [1.29, 1.82) is 5.26 Å². The number of aromatic nitrogens is 3. The van der Waals surface area contributed by atoms with Gasteiger partial charge in [0, 0.05) is 12.5 Å². The predicted octanol–water partition coefficient (Wildman–Crippen LogP) is 2.52. The van der Waals surface area contributed by atoms with Crippen LogP contribution >= 0.6 is 0 Å². The molecule has 0 amide bonds. The number of rotatable bonds is 6. The largest absolute Gasteiger partial charge is 0.382 e. The van der Waals surface area contributed by atoms with Gasteiger partial charge in [-0.3, -0.25) is 0 Å². The molecule has 3 heterocycles. The summed E-state index contributed by atoms with van der Waals surface area (Å²) in [4.78, 5) is 4.00. The summed E-state index contributed by atoms with van der Waals surface area (Å²) in [6.45, 7) is 7.50. The van der Waals surface area contributed by atoms with Crippen LogP contribution in [0.4, 0.5) is 5.82 Å². The molecule has 2 N–H and O–H groups in total. The lowest BCUT2D eigenvalue weighted by atomic mass is 9.80. The van der Waals surface area contributed by atoms with E-state index in [0.717, 1.165) is 19.4 Å². The summed E-state index contributed by atoms with van der Waals surface area (Å²) in [5.41, 5.74) is 6.21. The van der Waals surface area contributed by atoms with Crippen molar-refractivity contribution in [2.75, 3.05) is 18.9 Å². The standard InChI is InChI=1S/C18H25N5O2/c1-4-5-8-24-9-15-12(2)13(3)18(10-19,25-15)16-7-6-14-17(20)21-11-22-23(14)16/h6-7,11-13,15H,4-5,8-9H2,1-3H3,(H2,20,21,22)/t12-,13+,15+,18?/m0/s1. The number of nitrogens with zero attached hydrogens (tertiary/aromatic N) is 4. The molecule has 7 heteroatoms. The van der Waals surface area contributed by atoms with Crippen molar-refractivity contribution in [1.82, 2.24) is 14.6 Å². The van der Waals surface area contributed by atoms with Gasteiger partial charge >= 0.3 is 0 Å². The second-order valence-corrected chi connectivity index (χ2v) is 6.74. The lowest BCUT2D eigenvalue weighted by molar-refractivity contribution is -0.0615. The third-order valence-corrected chi connectivity index (χ3v) is 5.31. The predicted molar refractivity (Wildman–Crippen MR) is 93.6 cm³/mol. The Balaban J connectivity index is 1.92. The molecule has 0 spiro atoms. The van der Waals surface area contributed by atoms with Gasteiger partial charge in [0.15, 0.2) is 11.4 Å². The first kappa shape index (κ1) is 17.6. The molecule has 0 aromatic carbocycles. The van der Waals surface area contributed by atoms with E-state index in [1.165, 1.54) is 6.33 Å². The van der Waals surface area contributed by atoms with E-state index in [0.29, 0.717) is 23.6 Å². The number of unbranched alkanes of at least 4 members (excludes halogenated alkanes) is 1. The van der Waals surface area contributed by atoms with Crippen LogP contribution in [0.1, 0.15) is 39.3 Å². The molecule has 0 saturated carbocycles. The third-order valence-electron chi connectivity index (χ3n) is 5.31. The van der Waals surface area contributed by atoms with Gasteiger partial charge < -0.3 is 15.2 Å². The van der Waals surface area contributed by atoms with Crippen molar-refractivity contribution < 1.29 is 9.47 Å². The number of nitrogen functional groups attached to an aromatic ring is 1. The highest BCUT2D eigenvalue weighted by Gasteiger charge is 2.54. The summed E-state index contributed by atoms with van der Waals surface area (Å²) in [6.07, 6.45) is 3.39. The van der Waals surface area contributed by atoms with Crippen molar-refractivity contribution >= 4 is 11.3 Å². The van der Waals surface area contributed by atoms with Crippen molar-refractivity contribution in [3.8, 4) is 6.07 Å². The molecule has 0 bridgehead atoms. The summed E-state index contributed by atoms with van der Waals surface area (Å²) < 4.78 is 13.7. The minimum atomic E-state index is -1.08. The van der Waals surface area contributed by atoms with Crippen LogP contribution in [0.25, 0.3) is 5.52 Å². The Morgan fingerprint density at radius 3 is 2.96 bits per heavy atom. The Morgan fingerprint density at radius 1 is 1.44 bits per heavy atom. The van der Waals surface area contributed by atoms with Crippen LogP contribution in [0.5, 0.6) is 0 Å². The first-order chi connectivity index (χ1) is 12.0. The van der Waals surface area contributed by atoms with E-state index in [1.807, 2.05) is 19.1 Å². The molecule has 2 aromatic rings. The first-order valence-electron chi connectivity index (χ1n) is 8.80. The highest BCUT2D eigenvalue weighted by atomic mass is 16.6. The van der Waals surface area contributed by atoms with Gasteiger partial charge in [-0.1, -0.05) is 27.2 Å². The molecule has 25 heavy (non-hydrogen) atoms. The second-order valence-electron chi connectivity index (χ2n) is 6.74.